The van der Waals surface area contributed by atoms with E-state index in [9.17, 15) is 25.1 Å². The molecule has 0 atom stereocenters. The number of hydrogen-bond donors (Lipinski definition) is 3. The van der Waals surface area contributed by atoms with Crippen molar-refractivity contribution in [1.82, 2.24) is 9.97 Å². The molecule has 0 aliphatic heterocycles. The summed E-state index contributed by atoms with van der Waals surface area (Å²) in [5.41, 5.74) is 6.12. The molecular formula is C19H12N4O4. The van der Waals surface area contributed by atoms with Crippen LogP contribution in [-0.2, 0) is 0 Å². The zero-order chi connectivity index (χ0) is 19.6. The Kier molecular flexibility index (Phi) is 4.51. The zero-order valence-corrected chi connectivity index (χ0v) is 13.7. The minimum atomic E-state index is -1.20. The maximum absolute atomic E-state index is 11.5. The number of nitrogen functional groups attached to an aromatic ring is 1. The normalized spacial score (nSPS) is 10.2. The maximum Gasteiger partial charge on any atom is 0.336 e. The average Bonchev–Trinajstić information content (AvgIpc) is 2.67. The topological polar surface area (TPSA) is 150 Å². The number of anilines is 1. The molecule has 3 rings (SSSR count). The lowest BCUT2D eigenvalue weighted by molar-refractivity contribution is 0.0687. The number of carboxylic acid groups (broad SMARTS) is 2. The molecule has 0 bridgehead atoms. The van der Waals surface area contributed by atoms with Crippen molar-refractivity contribution in [3.8, 4) is 28.7 Å². The number of rotatable bonds is 4. The predicted molar refractivity (Wildman–Crippen MR) is 96.0 cm³/mol. The molecule has 8 nitrogen and oxygen atoms in total. The van der Waals surface area contributed by atoms with Crippen LogP contribution < -0.4 is 5.73 Å². The highest BCUT2D eigenvalue weighted by molar-refractivity contribution is 5.98. The van der Waals surface area contributed by atoms with Gasteiger partial charge in [-0.25, -0.2) is 19.6 Å². The number of carboxylic acids is 2. The van der Waals surface area contributed by atoms with Crippen molar-refractivity contribution < 1.29 is 19.8 Å². The summed E-state index contributed by atoms with van der Waals surface area (Å²) in [6, 6.07) is 14.0. The number of aromatic carboxylic acids is 2. The first-order valence-electron chi connectivity index (χ1n) is 7.67. The summed E-state index contributed by atoms with van der Waals surface area (Å²) >= 11 is 0. The molecule has 0 unspecified atom stereocenters. The average molecular weight is 360 g/mol. The summed E-state index contributed by atoms with van der Waals surface area (Å²) < 4.78 is 0. The van der Waals surface area contributed by atoms with Crippen molar-refractivity contribution >= 4 is 17.8 Å². The highest BCUT2D eigenvalue weighted by Gasteiger charge is 2.21. The molecule has 0 radical (unpaired) electrons. The van der Waals surface area contributed by atoms with Gasteiger partial charge >= 0.3 is 11.9 Å². The second-order valence-corrected chi connectivity index (χ2v) is 5.47. The van der Waals surface area contributed by atoms with E-state index in [1.54, 1.807) is 24.3 Å². The van der Waals surface area contributed by atoms with E-state index in [0.717, 1.165) is 0 Å². The van der Waals surface area contributed by atoms with Gasteiger partial charge in [0, 0.05) is 11.1 Å². The van der Waals surface area contributed by atoms with Gasteiger partial charge in [-0.1, -0.05) is 36.4 Å². The van der Waals surface area contributed by atoms with Crippen LogP contribution in [0.5, 0.6) is 0 Å². The lowest BCUT2D eigenvalue weighted by Gasteiger charge is -2.12. The third kappa shape index (κ3) is 3.17. The van der Waals surface area contributed by atoms with Gasteiger partial charge in [0.05, 0.1) is 16.8 Å². The Hall–Kier alpha value is -4.25. The third-order valence-electron chi connectivity index (χ3n) is 3.86. The highest BCUT2D eigenvalue weighted by Crippen LogP contribution is 2.31. The molecule has 2 aromatic carbocycles. The van der Waals surface area contributed by atoms with Gasteiger partial charge in [0.2, 0.25) is 0 Å². The smallest absolute Gasteiger partial charge is 0.336 e. The van der Waals surface area contributed by atoms with Crippen LogP contribution in [0.3, 0.4) is 0 Å². The van der Waals surface area contributed by atoms with Gasteiger partial charge in [-0.05, 0) is 12.1 Å². The minimum Gasteiger partial charge on any atom is -0.478 e. The summed E-state index contributed by atoms with van der Waals surface area (Å²) in [5, 5.41) is 28.3. The summed E-state index contributed by atoms with van der Waals surface area (Å²) in [6.07, 6.45) is 0. The van der Waals surface area contributed by atoms with E-state index < -0.39 is 11.9 Å². The standard InChI is InChI=1S/C19H12N4O4/c20-9-14-15(10-5-1-3-7-12(10)18(24)25)22-17(23-16(14)21)11-6-2-4-8-13(11)19(26)27/h1-8H,(H,24,25)(H,26,27)(H2,21,22,23). The van der Waals surface area contributed by atoms with Crippen molar-refractivity contribution in [3.63, 3.8) is 0 Å². The summed E-state index contributed by atoms with van der Waals surface area (Å²) in [5.74, 6) is -2.55. The molecule has 3 aromatic rings. The number of nitrogens with zero attached hydrogens (tertiary/aromatic N) is 3. The van der Waals surface area contributed by atoms with Crippen LogP contribution in [-0.4, -0.2) is 32.1 Å². The Balaban J connectivity index is 2.34. The molecule has 0 fully saturated rings. The van der Waals surface area contributed by atoms with E-state index in [1.165, 1.54) is 24.3 Å². The fraction of sp³-hybridized carbons (Fsp3) is 0. The van der Waals surface area contributed by atoms with Crippen molar-refractivity contribution in [2.75, 3.05) is 5.73 Å². The second kappa shape index (κ2) is 6.93. The molecule has 132 valence electrons. The number of carbonyl (C=O) groups is 2. The quantitative estimate of drug-likeness (QED) is 0.642. The van der Waals surface area contributed by atoms with Crippen LogP contribution in [0.25, 0.3) is 22.6 Å². The van der Waals surface area contributed by atoms with Crippen LogP contribution in [0.1, 0.15) is 26.3 Å². The molecule has 0 saturated carbocycles. The Morgan fingerprint density at radius 1 is 0.889 bits per heavy atom. The van der Waals surface area contributed by atoms with Crippen molar-refractivity contribution in [3.05, 3.63) is 65.2 Å². The maximum atomic E-state index is 11.5. The summed E-state index contributed by atoms with van der Waals surface area (Å²) in [4.78, 5) is 31.4. The van der Waals surface area contributed by atoms with Crippen LogP contribution in [0.2, 0.25) is 0 Å². The molecule has 8 heteroatoms. The summed E-state index contributed by atoms with van der Waals surface area (Å²) in [6.45, 7) is 0. The first-order chi connectivity index (χ1) is 12.9. The van der Waals surface area contributed by atoms with E-state index in [4.69, 9.17) is 5.73 Å². The highest BCUT2D eigenvalue weighted by atomic mass is 16.4. The number of nitriles is 1. The Bertz CT molecular complexity index is 1120. The predicted octanol–water partition coefficient (Wildman–Crippen LogP) is 2.66. The lowest BCUT2D eigenvalue weighted by Crippen LogP contribution is -2.08. The van der Waals surface area contributed by atoms with E-state index in [0.29, 0.717) is 0 Å². The number of nitrogens with two attached hydrogens (primary N) is 1. The van der Waals surface area contributed by atoms with Gasteiger partial charge in [-0.3, -0.25) is 0 Å². The van der Waals surface area contributed by atoms with Crippen LogP contribution >= 0.6 is 0 Å². The molecule has 0 aliphatic carbocycles. The lowest BCUT2D eigenvalue weighted by atomic mass is 10.00. The third-order valence-corrected chi connectivity index (χ3v) is 3.86. The Morgan fingerprint density at radius 3 is 1.96 bits per heavy atom. The molecule has 0 saturated heterocycles. The molecule has 27 heavy (non-hydrogen) atoms. The fourth-order valence-electron chi connectivity index (χ4n) is 2.64. The number of aromatic nitrogens is 2. The largest absolute Gasteiger partial charge is 0.478 e. The molecule has 0 amide bonds. The SMILES string of the molecule is N#Cc1c(N)nc(-c2ccccc2C(=O)O)nc1-c1ccccc1C(=O)O. The van der Waals surface area contributed by atoms with Gasteiger partial charge in [-0.15, -0.1) is 0 Å². The van der Waals surface area contributed by atoms with Crippen molar-refractivity contribution in [2.45, 2.75) is 0 Å². The fourth-order valence-corrected chi connectivity index (χ4v) is 2.64. The van der Waals surface area contributed by atoms with Crippen LogP contribution in [0.4, 0.5) is 5.82 Å². The minimum absolute atomic E-state index is 0.0142. The van der Waals surface area contributed by atoms with Crippen LogP contribution in [0, 0.1) is 11.3 Å². The summed E-state index contributed by atoms with van der Waals surface area (Å²) in [7, 11) is 0. The van der Waals surface area contributed by atoms with Crippen LogP contribution in [0.15, 0.2) is 48.5 Å². The zero-order valence-electron chi connectivity index (χ0n) is 13.7. The Morgan fingerprint density at radius 2 is 1.41 bits per heavy atom. The first-order valence-corrected chi connectivity index (χ1v) is 7.67. The van der Waals surface area contributed by atoms with Gasteiger partial charge in [-0.2, -0.15) is 5.26 Å². The van der Waals surface area contributed by atoms with Gasteiger partial charge < -0.3 is 15.9 Å². The van der Waals surface area contributed by atoms with Crippen molar-refractivity contribution in [1.29, 1.82) is 5.26 Å². The molecule has 0 spiro atoms. The van der Waals surface area contributed by atoms with Gasteiger partial charge in [0.25, 0.3) is 0 Å². The van der Waals surface area contributed by atoms with Gasteiger partial charge in [0.1, 0.15) is 17.5 Å². The number of benzene rings is 2. The van der Waals surface area contributed by atoms with E-state index in [-0.39, 0.29) is 45.2 Å². The van der Waals surface area contributed by atoms with E-state index >= 15 is 0 Å². The monoisotopic (exact) mass is 360 g/mol. The molecule has 1 heterocycles. The molecule has 1 aromatic heterocycles. The van der Waals surface area contributed by atoms with Crippen molar-refractivity contribution in [2.24, 2.45) is 0 Å². The van der Waals surface area contributed by atoms with E-state index in [1.807, 2.05) is 6.07 Å². The first kappa shape index (κ1) is 17.6. The van der Waals surface area contributed by atoms with Gasteiger partial charge in [0.15, 0.2) is 5.82 Å². The second-order valence-electron chi connectivity index (χ2n) is 5.47. The molecule has 0 aliphatic rings. The molecule has 4 N–H and O–H groups in total. The number of hydrogen-bond acceptors (Lipinski definition) is 6. The molecular weight excluding hydrogens is 348 g/mol. The Labute approximate surface area is 153 Å². The van der Waals surface area contributed by atoms with E-state index in [2.05, 4.69) is 9.97 Å².